The van der Waals surface area contributed by atoms with Crippen LogP contribution in [0.4, 0.5) is 0 Å². The summed E-state index contributed by atoms with van der Waals surface area (Å²) in [4.78, 5) is 2.49. The molecule has 2 N–H and O–H groups in total. The van der Waals surface area contributed by atoms with E-state index in [9.17, 15) is 0 Å². The lowest BCUT2D eigenvalue weighted by molar-refractivity contribution is 0.161. The van der Waals surface area contributed by atoms with Crippen molar-refractivity contribution in [3.63, 3.8) is 0 Å². The van der Waals surface area contributed by atoms with E-state index in [4.69, 9.17) is 10.5 Å². The second kappa shape index (κ2) is 4.60. The lowest BCUT2D eigenvalue weighted by atomic mass is 10.0. The van der Waals surface area contributed by atoms with Crippen molar-refractivity contribution in [1.29, 1.82) is 0 Å². The van der Waals surface area contributed by atoms with Gasteiger partial charge in [0.25, 0.3) is 0 Å². The Morgan fingerprint density at radius 2 is 2.00 bits per heavy atom. The number of nitrogens with zero attached hydrogens (tertiary/aromatic N) is 1. The molecular weight excluding hydrogens is 176 g/mol. The van der Waals surface area contributed by atoms with Gasteiger partial charge in [-0.1, -0.05) is 12.8 Å². The van der Waals surface area contributed by atoms with Crippen molar-refractivity contribution in [3.8, 4) is 0 Å². The monoisotopic (exact) mass is 198 g/mol. The largest absolute Gasteiger partial charge is 0.379 e. The lowest BCUT2D eigenvalue weighted by Crippen LogP contribution is -2.40. The summed E-state index contributed by atoms with van der Waals surface area (Å²) in [6.07, 6.45) is 5.56. The van der Waals surface area contributed by atoms with Crippen molar-refractivity contribution in [3.05, 3.63) is 0 Å². The fourth-order valence-corrected chi connectivity index (χ4v) is 2.67. The maximum atomic E-state index is 5.97. The van der Waals surface area contributed by atoms with E-state index in [2.05, 4.69) is 11.9 Å². The zero-order chi connectivity index (χ0) is 9.97. The SMILES string of the molecule is CN(CC1COCC1N)C1CCCC1. The van der Waals surface area contributed by atoms with Gasteiger partial charge in [0.05, 0.1) is 13.2 Å². The van der Waals surface area contributed by atoms with Gasteiger partial charge in [-0.25, -0.2) is 0 Å². The standard InChI is InChI=1S/C11H22N2O/c1-13(10-4-2-3-5-10)6-9-7-14-8-11(9)12/h9-11H,2-8,12H2,1H3. The van der Waals surface area contributed by atoms with Gasteiger partial charge >= 0.3 is 0 Å². The zero-order valence-corrected chi connectivity index (χ0v) is 9.11. The van der Waals surface area contributed by atoms with Crippen LogP contribution in [0.1, 0.15) is 25.7 Å². The minimum Gasteiger partial charge on any atom is -0.379 e. The fraction of sp³-hybridized carbons (Fsp3) is 1.00. The van der Waals surface area contributed by atoms with Crippen LogP contribution in [0, 0.1) is 5.92 Å². The van der Waals surface area contributed by atoms with Crippen LogP contribution in [-0.4, -0.2) is 43.8 Å². The highest BCUT2D eigenvalue weighted by atomic mass is 16.5. The predicted molar refractivity (Wildman–Crippen MR) is 57.2 cm³/mol. The number of hydrogen-bond donors (Lipinski definition) is 1. The third-order valence-electron chi connectivity index (χ3n) is 3.72. The molecule has 1 saturated heterocycles. The molecule has 14 heavy (non-hydrogen) atoms. The van der Waals surface area contributed by atoms with Gasteiger partial charge in [-0.15, -0.1) is 0 Å². The van der Waals surface area contributed by atoms with E-state index in [1.165, 1.54) is 25.7 Å². The Hall–Kier alpha value is -0.120. The number of rotatable bonds is 3. The van der Waals surface area contributed by atoms with Crippen LogP contribution < -0.4 is 5.73 Å². The molecule has 0 aromatic carbocycles. The topological polar surface area (TPSA) is 38.5 Å². The van der Waals surface area contributed by atoms with Gasteiger partial charge in [0.1, 0.15) is 0 Å². The van der Waals surface area contributed by atoms with E-state index in [-0.39, 0.29) is 6.04 Å². The summed E-state index contributed by atoms with van der Waals surface area (Å²) < 4.78 is 5.38. The van der Waals surface area contributed by atoms with Gasteiger partial charge in [0, 0.05) is 24.5 Å². The molecule has 2 atom stereocenters. The van der Waals surface area contributed by atoms with Gasteiger partial charge in [-0.05, 0) is 19.9 Å². The van der Waals surface area contributed by atoms with Crippen LogP contribution in [0.2, 0.25) is 0 Å². The molecule has 1 aliphatic heterocycles. The van der Waals surface area contributed by atoms with Gasteiger partial charge in [0.2, 0.25) is 0 Å². The molecule has 3 heteroatoms. The molecule has 1 heterocycles. The van der Waals surface area contributed by atoms with Crippen molar-refractivity contribution in [2.75, 3.05) is 26.8 Å². The molecule has 1 saturated carbocycles. The first-order valence-electron chi connectivity index (χ1n) is 5.81. The van der Waals surface area contributed by atoms with E-state index in [1.54, 1.807) is 0 Å². The molecular formula is C11H22N2O. The first-order chi connectivity index (χ1) is 6.77. The van der Waals surface area contributed by atoms with E-state index in [0.29, 0.717) is 5.92 Å². The molecule has 3 nitrogen and oxygen atoms in total. The molecule has 2 unspecified atom stereocenters. The van der Waals surface area contributed by atoms with Crippen LogP contribution in [0.15, 0.2) is 0 Å². The van der Waals surface area contributed by atoms with Gasteiger partial charge in [-0.2, -0.15) is 0 Å². The van der Waals surface area contributed by atoms with E-state index < -0.39 is 0 Å². The summed E-state index contributed by atoms with van der Waals surface area (Å²) in [7, 11) is 2.24. The Bertz CT molecular complexity index is 180. The summed E-state index contributed by atoms with van der Waals surface area (Å²) in [5.74, 6) is 0.556. The van der Waals surface area contributed by atoms with E-state index >= 15 is 0 Å². The highest BCUT2D eigenvalue weighted by Crippen LogP contribution is 2.24. The zero-order valence-electron chi connectivity index (χ0n) is 9.11. The third kappa shape index (κ3) is 2.27. The quantitative estimate of drug-likeness (QED) is 0.730. The Labute approximate surface area is 86.6 Å². The minimum absolute atomic E-state index is 0.263. The van der Waals surface area contributed by atoms with Crippen molar-refractivity contribution in [2.45, 2.75) is 37.8 Å². The summed E-state index contributed by atoms with van der Waals surface area (Å²) in [6.45, 7) is 2.73. The maximum Gasteiger partial charge on any atom is 0.0621 e. The molecule has 0 bridgehead atoms. The Morgan fingerprint density at radius 3 is 2.57 bits per heavy atom. The highest BCUT2D eigenvalue weighted by molar-refractivity contribution is 4.83. The Kier molecular flexibility index (Phi) is 3.42. The second-order valence-corrected chi connectivity index (χ2v) is 4.84. The van der Waals surface area contributed by atoms with Gasteiger partial charge < -0.3 is 15.4 Å². The number of ether oxygens (including phenoxy) is 1. The molecule has 0 aromatic heterocycles. The maximum absolute atomic E-state index is 5.97. The van der Waals surface area contributed by atoms with Gasteiger partial charge in [-0.3, -0.25) is 0 Å². The summed E-state index contributed by atoms with van der Waals surface area (Å²) in [5, 5.41) is 0. The van der Waals surface area contributed by atoms with Crippen molar-refractivity contribution < 1.29 is 4.74 Å². The van der Waals surface area contributed by atoms with Crippen LogP contribution in [-0.2, 0) is 4.74 Å². The van der Waals surface area contributed by atoms with Crippen LogP contribution >= 0.6 is 0 Å². The van der Waals surface area contributed by atoms with Crippen LogP contribution in [0.5, 0.6) is 0 Å². The summed E-state index contributed by atoms with van der Waals surface area (Å²) in [6, 6.07) is 1.07. The Morgan fingerprint density at radius 1 is 1.29 bits per heavy atom. The van der Waals surface area contributed by atoms with Crippen molar-refractivity contribution >= 4 is 0 Å². The molecule has 0 radical (unpaired) electrons. The number of hydrogen-bond acceptors (Lipinski definition) is 3. The average molecular weight is 198 g/mol. The first-order valence-corrected chi connectivity index (χ1v) is 5.81. The Balaban J connectivity index is 1.78. The first kappa shape index (κ1) is 10.4. The van der Waals surface area contributed by atoms with E-state index in [0.717, 1.165) is 25.8 Å². The predicted octanol–water partition coefficient (Wildman–Crippen LogP) is 0.834. The smallest absolute Gasteiger partial charge is 0.0621 e. The molecule has 2 rings (SSSR count). The molecule has 2 aliphatic rings. The molecule has 1 aliphatic carbocycles. The van der Waals surface area contributed by atoms with E-state index in [1.807, 2.05) is 0 Å². The van der Waals surface area contributed by atoms with Crippen molar-refractivity contribution in [2.24, 2.45) is 11.7 Å². The summed E-state index contributed by atoms with van der Waals surface area (Å²) in [5.41, 5.74) is 5.97. The van der Waals surface area contributed by atoms with Crippen LogP contribution in [0.3, 0.4) is 0 Å². The fourth-order valence-electron chi connectivity index (χ4n) is 2.67. The third-order valence-corrected chi connectivity index (χ3v) is 3.72. The molecule has 0 aromatic rings. The molecule has 0 spiro atoms. The summed E-state index contributed by atoms with van der Waals surface area (Å²) >= 11 is 0. The van der Waals surface area contributed by atoms with Crippen LogP contribution in [0.25, 0.3) is 0 Å². The van der Waals surface area contributed by atoms with Crippen molar-refractivity contribution in [1.82, 2.24) is 4.90 Å². The number of nitrogens with two attached hydrogens (primary N) is 1. The lowest BCUT2D eigenvalue weighted by Gasteiger charge is -2.27. The molecule has 82 valence electrons. The second-order valence-electron chi connectivity index (χ2n) is 4.84. The highest BCUT2D eigenvalue weighted by Gasteiger charge is 2.28. The molecule has 2 fully saturated rings. The van der Waals surface area contributed by atoms with Gasteiger partial charge in [0.15, 0.2) is 0 Å². The molecule has 0 amide bonds. The normalized spacial score (nSPS) is 34.5. The average Bonchev–Trinajstić information content (AvgIpc) is 2.77. The minimum atomic E-state index is 0.263.